The van der Waals surface area contributed by atoms with Crippen LogP contribution in [-0.4, -0.2) is 39.0 Å². The van der Waals surface area contributed by atoms with Gasteiger partial charge in [0.1, 0.15) is 25.3 Å². The van der Waals surface area contributed by atoms with E-state index in [0.29, 0.717) is 11.9 Å². The molecule has 7 aromatic rings. The zero-order chi connectivity index (χ0) is 21.1. The van der Waals surface area contributed by atoms with Crippen LogP contribution in [0.15, 0.2) is 86.0 Å². The van der Waals surface area contributed by atoms with E-state index in [9.17, 15) is 0 Å². The highest BCUT2D eigenvalue weighted by atomic mass is 15.2. The first-order chi connectivity index (χ1) is 15.9. The van der Waals surface area contributed by atoms with Crippen molar-refractivity contribution in [2.24, 2.45) is 0 Å². The maximum atomic E-state index is 4.43. The maximum absolute atomic E-state index is 4.43. The van der Waals surface area contributed by atoms with Gasteiger partial charge >= 0.3 is 0 Å². The van der Waals surface area contributed by atoms with E-state index >= 15 is 0 Å². The Morgan fingerprint density at radius 2 is 0.875 bits per heavy atom. The van der Waals surface area contributed by atoms with Crippen LogP contribution < -0.4 is 0 Å². The molecule has 0 spiro atoms. The van der Waals surface area contributed by atoms with Crippen molar-refractivity contribution >= 4 is 43.6 Å². The third-order valence-corrected chi connectivity index (χ3v) is 5.83. The van der Waals surface area contributed by atoms with Gasteiger partial charge in [-0.05, 0) is 24.3 Å². The Hall–Kier alpha value is -4.72. The Morgan fingerprint density at radius 3 is 1.34 bits per heavy atom. The summed E-state index contributed by atoms with van der Waals surface area (Å²) in [4.78, 5) is 25.7. The van der Waals surface area contributed by atoms with Crippen LogP contribution in [0.2, 0.25) is 0 Å². The molecule has 3 aromatic carbocycles. The van der Waals surface area contributed by atoms with E-state index in [-0.39, 0.29) is 0 Å². The van der Waals surface area contributed by atoms with Crippen LogP contribution in [0, 0.1) is 0 Å². The number of aromatic nitrogens is 8. The average Bonchev–Trinajstić information content (AvgIpc) is 3.36. The van der Waals surface area contributed by atoms with Crippen molar-refractivity contribution in [3.8, 4) is 11.9 Å². The normalized spacial score (nSPS) is 11.8. The molecular weight excluding hydrogens is 400 g/mol. The van der Waals surface area contributed by atoms with Gasteiger partial charge in [0.05, 0.1) is 22.1 Å². The van der Waals surface area contributed by atoms with Crippen molar-refractivity contribution in [1.29, 1.82) is 0 Å². The lowest BCUT2D eigenvalue weighted by atomic mass is 10.1. The Balaban J connectivity index is 1.71. The summed E-state index contributed by atoms with van der Waals surface area (Å²) in [6.45, 7) is 0. The Kier molecular flexibility index (Phi) is 3.40. The lowest BCUT2D eigenvalue weighted by Crippen LogP contribution is -2.02. The van der Waals surface area contributed by atoms with Crippen LogP contribution in [0.4, 0.5) is 0 Å². The third-order valence-electron chi connectivity index (χ3n) is 5.83. The fraction of sp³-hybridized carbons (Fsp3) is 0. The molecule has 0 saturated carbocycles. The standard InChI is InChI=1S/C24H14N8/c1-3-7-19-15(5-1)17-9-18-16-6-2-4-8-20(16)32(24-29-13-26-14-30-24)22(18)10-21(17)31(19)23-27-11-25-12-28-23/h1-14H. The highest BCUT2D eigenvalue weighted by Gasteiger charge is 2.19. The van der Waals surface area contributed by atoms with E-state index < -0.39 is 0 Å². The van der Waals surface area contributed by atoms with Crippen LogP contribution in [-0.2, 0) is 0 Å². The van der Waals surface area contributed by atoms with Crippen LogP contribution in [0.5, 0.6) is 0 Å². The zero-order valence-corrected chi connectivity index (χ0v) is 16.7. The second-order valence-electron chi connectivity index (χ2n) is 7.47. The minimum absolute atomic E-state index is 0.577. The molecule has 4 aromatic heterocycles. The van der Waals surface area contributed by atoms with Gasteiger partial charge in [0.25, 0.3) is 0 Å². The Morgan fingerprint density at radius 1 is 0.438 bits per heavy atom. The molecule has 32 heavy (non-hydrogen) atoms. The van der Waals surface area contributed by atoms with Gasteiger partial charge < -0.3 is 0 Å². The van der Waals surface area contributed by atoms with Gasteiger partial charge in [-0.2, -0.15) is 0 Å². The topological polar surface area (TPSA) is 87.2 Å². The number of para-hydroxylation sites is 2. The van der Waals surface area contributed by atoms with Crippen LogP contribution >= 0.6 is 0 Å². The quantitative estimate of drug-likeness (QED) is 0.420. The van der Waals surface area contributed by atoms with Crippen LogP contribution in [0.25, 0.3) is 55.5 Å². The molecule has 0 unspecified atom stereocenters. The van der Waals surface area contributed by atoms with E-state index in [1.54, 1.807) is 0 Å². The van der Waals surface area contributed by atoms with Crippen LogP contribution in [0.1, 0.15) is 0 Å². The third kappa shape index (κ3) is 2.26. The van der Waals surface area contributed by atoms with E-state index in [1.807, 2.05) is 12.1 Å². The van der Waals surface area contributed by atoms with Gasteiger partial charge in [-0.25, -0.2) is 29.9 Å². The summed E-state index contributed by atoms with van der Waals surface area (Å²) in [6.07, 6.45) is 6.07. The predicted octanol–water partition coefficient (Wildman–Crippen LogP) is 4.25. The number of hydrogen-bond donors (Lipinski definition) is 0. The molecule has 0 aliphatic carbocycles. The molecule has 8 nitrogen and oxygen atoms in total. The summed E-state index contributed by atoms with van der Waals surface area (Å²) >= 11 is 0. The summed E-state index contributed by atoms with van der Waals surface area (Å²) < 4.78 is 4.14. The summed E-state index contributed by atoms with van der Waals surface area (Å²) in [7, 11) is 0. The first kappa shape index (κ1) is 17.0. The van der Waals surface area contributed by atoms with Gasteiger partial charge in [-0.3, -0.25) is 9.13 Å². The molecule has 0 fully saturated rings. The minimum atomic E-state index is 0.577. The van der Waals surface area contributed by atoms with Crippen molar-refractivity contribution in [2.45, 2.75) is 0 Å². The van der Waals surface area contributed by atoms with Crippen molar-refractivity contribution in [3.63, 3.8) is 0 Å². The van der Waals surface area contributed by atoms with Crippen LogP contribution in [0.3, 0.4) is 0 Å². The van der Waals surface area contributed by atoms with Crippen molar-refractivity contribution < 1.29 is 0 Å². The SMILES string of the molecule is c1ccc2c(c1)c1cc3c4ccccc4n(-c4ncncn4)c3cc1n2-c1ncncn1. The second kappa shape index (κ2) is 6.39. The van der Waals surface area contributed by atoms with E-state index in [4.69, 9.17) is 0 Å². The fourth-order valence-corrected chi connectivity index (χ4v) is 4.56. The summed E-state index contributed by atoms with van der Waals surface area (Å²) in [5, 5.41) is 4.54. The lowest BCUT2D eigenvalue weighted by molar-refractivity contribution is 0.935. The molecule has 0 amide bonds. The van der Waals surface area contributed by atoms with E-state index in [2.05, 4.69) is 87.6 Å². The molecule has 0 aliphatic rings. The maximum Gasteiger partial charge on any atom is 0.237 e. The fourth-order valence-electron chi connectivity index (χ4n) is 4.56. The molecule has 8 heteroatoms. The highest BCUT2D eigenvalue weighted by Crippen LogP contribution is 2.38. The smallest absolute Gasteiger partial charge is 0.237 e. The average molecular weight is 414 g/mol. The molecule has 0 aliphatic heterocycles. The monoisotopic (exact) mass is 414 g/mol. The Bertz CT molecular complexity index is 1640. The molecule has 0 saturated heterocycles. The highest BCUT2D eigenvalue weighted by molar-refractivity contribution is 6.18. The van der Waals surface area contributed by atoms with Crippen molar-refractivity contribution in [3.05, 3.63) is 86.0 Å². The van der Waals surface area contributed by atoms with Gasteiger partial charge in [0, 0.05) is 21.5 Å². The molecule has 0 radical (unpaired) electrons. The summed E-state index contributed by atoms with van der Waals surface area (Å²) in [5.74, 6) is 1.15. The number of nitrogens with zero attached hydrogens (tertiary/aromatic N) is 8. The molecule has 4 heterocycles. The van der Waals surface area contributed by atoms with Crippen molar-refractivity contribution in [2.75, 3.05) is 0 Å². The molecule has 7 rings (SSSR count). The van der Waals surface area contributed by atoms with Gasteiger partial charge in [0.2, 0.25) is 11.9 Å². The number of rotatable bonds is 2. The first-order valence-electron chi connectivity index (χ1n) is 10.1. The summed E-state index contributed by atoms with van der Waals surface area (Å²) in [6, 6.07) is 21.0. The second-order valence-corrected chi connectivity index (χ2v) is 7.47. The first-order valence-corrected chi connectivity index (χ1v) is 10.1. The zero-order valence-electron chi connectivity index (χ0n) is 16.7. The largest absolute Gasteiger partial charge is 0.278 e. The van der Waals surface area contributed by atoms with Crippen molar-refractivity contribution in [1.82, 2.24) is 39.0 Å². The van der Waals surface area contributed by atoms with Gasteiger partial charge in [-0.15, -0.1) is 0 Å². The molecule has 0 N–H and O–H groups in total. The lowest BCUT2D eigenvalue weighted by Gasteiger charge is -2.07. The predicted molar refractivity (Wildman–Crippen MR) is 122 cm³/mol. The van der Waals surface area contributed by atoms with E-state index in [1.165, 1.54) is 25.3 Å². The van der Waals surface area contributed by atoms with Gasteiger partial charge in [0.15, 0.2) is 0 Å². The molecular formula is C24H14N8. The molecule has 0 atom stereocenters. The van der Waals surface area contributed by atoms with E-state index in [0.717, 1.165) is 43.6 Å². The number of hydrogen-bond acceptors (Lipinski definition) is 6. The van der Waals surface area contributed by atoms with Gasteiger partial charge in [-0.1, -0.05) is 36.4 Å². The number of benzene rings is 3. The summed E-state index contributed by atoms with van der Waals surface area (Å²) in [5.41, 5.74) is 4.08. The Labute approximate surface area is 180 Å². The minimum Gasteiger partial charge on any atom is -0.278 e. The molecule has 0 bridgehead atoms. The molecule has 150 valence electrons. The number of fused-ring (bicyclic) bond motifs is 6.